The molecule has 1 N–H and O–H groups in total. The van der Waals surface area contributed by atoms with E-state index in [2.05, 4.69) is 22.5 Å². The zero-order valence-electron chi connectivity index (χ0n) is 13.5. The fraction of sp³-hybridized carbons (Fsp3) is 0.158. The second kappa shape index (κ2) is 6.68. The van der Waals surface area contributed by atoms with Gasteiger partial charge in [0.1, 0.15) is 0 Å². The van der Waals surface area contributed by atoms with Gasteiger partial charge >= 0.3 is 0 Å². The number of nitrogens with one attached hydrogen (secondary N) is 1. The number of rotatable bonds is 5. The van der Waals surface area contributed by atoms with Crippen molar-refractivity contribution >= 4 is 11.6 Å². The molecule has 0 fully saturated rings. The summed E-state index contributed by atoms with van der Waals surface area (Å²) in [5.41, 5.74) is 2.43. The average Bonchev–Trinajstić information content (AvgIpc) is 3.29. The van der Waals surface area contributed by atoms with Gasteiger partial charge < -0.3 is 14.8 Å². The fourth-order valence-electron chi connectivity index (χ4n) is 2.68. The molecule has 2 aromatic carbocycles. The summed E-state index contributed by atoms with van der Waals surface area (Å²) < 4.78 is 12.4. The van der Waals surface area contributed by atoms with E-state index in [1.807, 2.05) is 29.1 Å². The Kier molecular flexibility index (Phi) is 4.08. The normalized spacial score (nSPS) is 12.2. The number of aromatic nitrogens is 2. The number of anilines is 1. The molecule has 0 spiro atoms. The van der Waals surface area contributed by atoms with Crippen molar-refractivity contribution in [2.45, 2.75) is 13.0 Å². The van der Waals surface area contributed by atoms with Gasteiger partial charge in [0.25, 0.3) is 5.91 Å². The lowest BCUT2D eigenvalue weighted by Crippen LogP contribution is -2.11. The molecule has 0 radical (unpaired) electrons. The minimum absolute atomic E-state index is 0.189. The number of carbonyl (C=O) groups excluding carboxylic acids is 1. The van der Waals surface area contributed by atoms with Crippen molar-refractivity contribution in [1.29, 1.82) is 0 Å². The van der Waals surface area contributed by atoms with Crippen LogP contribution in [0.3, 0.4) is 0 Å². The first-order valence-corrected chi connectivity index (χ1v) is 8.05. The fourth-order valence-corrected chi connectivity index (χ4v) is 2.68. The van der Waals surface area contributed by atoms with Crippen molar-refractivity contribution in [2.75, 3.05) is 12.1 Å². The van der Waals surface area contributed by atoms with Crippen LogP contribution in [0.1, 0.15) is 15.9 Å². The number of ether oxygens (including phenoxy) is 2. The minimum Gasteiger partial charge on any atom is -0.454 e. The van der Waals surface area contributed by atoms with Crippen molar-refractivity contribution in [3.8, 4) is 11.5 Å². The third kappa shape index (κ3) is 3.47. The molecule has 0 saturated heterocycles. The maximum atomic E-state index is 12.4. The summed E-state index contributed by atoms with van der Waals surface area (Å²) in [5.74, 6) is 1.04. The van der Waals surface area contributed by atoms with Crippen LogP contribution in [0.4, 0.5) is 5.69 Å². The van der Waals surface area contributed by atoms with Crippen LogP contribution in [0.5, 0.6) is 11.5 Å². The molecule has 25 heavy (non-hydrogen) atoms. The Bertz CT molecular complexity index is 890. The predicted molar refractivity (Wildman–Crippen MR) is 92.9 cm³/mol. The summed E-state index contributed by atoms with van der Waals surface area (Å²) in [6, 6.07) is 15.4. The monoisotopic (exact) mass is 335 g/mol. The number of hydrogen-bond donors (Lipinski definition) is 1. The molecule has 6 heteroatoms. The van der Waals surface area contributed by atoms with Crippen LogP contribution >= 0.6 is 0 Å². The summed E-state index contributed by atoms with van der Waals surface area (Å²) in [4.78, 5) is 12.4. The molecule has 2 heterocycles. The van der Waals surface area contributed by atoms with Crippen LogP contribution in [0.25, 0.3) is 0 Å². The number of amides is 1. The topological polar surface area (TPSA) is 65.4 Å². The molecular formula is C19H17N3O3. The van der Waals surface area contributed by atoms with Gasteiger partial charge in [0.05, 0.1) is 11.9 Å². The van der Waals surface area contributed by atoms with Crippen LogP contribution in [-0.4, -0.2) is 22.5 Å². The van der Waals surface area contributed by atoms with Gasteiger partial charge in [-0.2, -0.15) is 5.10 Å². The highest BCUT2D eigenvalue weighted by Crippen LogP contribution is 2.32. The van der Waals surface area contributed by atoms with Crippen molar-refractivity contribution in [2.24, 2.45) is 0 Å². The van der Waals surface area contributed by atoms with E-state index in [0.29, 0.717) is 22.7 Å². The highest BCUT2D eigenvalue weighted by Gasteiger charge is 2.16. The van der Waals surface area contributed by atoms with Crippen LogP contribution in [0.15, 0.2) is 60.9 Å². The predicted octanol–water partition coefficient (Wildman–Crippen LogP) is 3.11. The zero-order valence-corrected chi connectivity index (χ0v) is 13.5. The standard InChI is InChI=1S/C19H17N3O3/c23-19(15-6-7-17-18(10-15)25-13-24-17)21-16-11-20-22(12-16)9-8-14-4-2-1-3-5-14/h1-7,10-12H,8-9,13H2,(H,21,23). The second-order valence-corrected chi connectivity index (χ2v) is 5.75. The molecule has 0 atom stereocenters. The number of aryl methyl sites for hydroxylation is 2. The summed E-state index contributed by atoms with van der Waals surface area (Å²) in [7, 11) is 0. The van der Waals surface area contributed by atoms with E-state index in [0.717, 1.165) is 13.0 Å². The minimum atomic E-state index is -0.207. The molecule has 1 aliphatic heterocycles. The summed E-state index contributed by atoms with van der Waals surface area (Å²) in [6.07, 6.45) is 4.36. The van der Waals surface area contributed by atoms with Gasteiger partial charge in [0.2, 0.25) is 6.79 Å². The van der Waals surface area contributed by atoms with Crippen molar-refractivity contribution in [3.63, 3.8) is 0 Å². The first-order valence-electron chi connectivity index (χ1n) is 8.05. The summed E-state index contributed by atoms with van der Waals surface area (Å²) in [5, 5.41) is 7.14. The molecular weight excluding hydrogens is 318 g/mol. The Morgan fingerprint density at radius 1 is 1.12 bits per heavy atom. The second-order valence-electron chi connectivity index (χ2n) is 5.75. The van der Waals surface area contributed by atoms with Crippen molar-refractivity contribution in [3.05, 3.63) is 72.1 Å². The molecule has 0 unspecified atom stereocenters. The van der Waals surface area contributed by atoms with Gasteiger partial charge in [-0.3, -0.25) is 9.48 Å². The van der Waals surface area contributed by atoms with E-state index in [1.54, 1.807) is 24.4 Å². The van der Waals surface area contributed by atoms with Gasteiger partial charge in [0.15, 0.2) is 11.5 Å². The van der Waals surface area contributed by atoms with Crippen LogP contribution in [-0.2, 0) is 13.0 Å². The molecule has 126 valence electrons. The Balaban J connectivity index is 1.38. The molecule has 1 aliphatic rings. The van der Waals surface area contributed by atoms with E-state index >= 15 is 0 Å². The number of fused-ring (bicyclic) bond motifs is 1. The van der Waals surface area contributed by atoms with Gasteiger partial charge in [-0.25, -0.2) is 0 Å². The van der Waals surface area contributed by atoms with Crippen LogP contribution in [0.2, 0.25) is 0 Å². The first kappa shape index (κ1) is 15.3. The Hall–Kier alpha value is -3.28. The third-order valence-electron chi connectivity index (χ3n) is 4.00. The molecule has 0 bridgehead atoms. The van der Waals surface area contributed by atoms with Gasteiger partial charge in [0, 0.05) is 18.3 Å². The maximum absolute atomic E-state index is 12.4. The van der Waals surface area contributed by atoms with Gasteiger partial charge in [-0.05, 0) is 30.2 Å². The maximum Gasteiger partial charge on any atom is 0.255 e. The number of benzene rings is 2. The average molecular weight is 335 g/mol. The van der Waals surface area contributed by atoms with Crippen LogP contribution in [0, 0.1) is 0 Å². The number of hydrogen-bond acceptors (Lipinski definition) is 4. The van der Waals surface area contributed by atoms with E-state index in [9.17, 15) is 4.79 Å². The molecule has 0 aliphatic carbocycles. The van der Waals surface area contributed by atoms with Crippen molar-refractivity contribution < 1.29 is 14.3 Å². The van der Waals surface area contributed by atoms with E-state index < -0.39 is 0 Å². The zero-order chi connectivity index (χ0) is 17.1. The lowest BCUT2D eigenvalue weighted by atomic mass is 10.1. The van der Waals surface area contributed by atoms with Crippen molar-refractivity contribution in [1.82, 2.24) is 9.78 Å². The third-order valence-corrected chi connectivity index (χ3v) is 4.00. The molecule has 1 amide bonds. The van der Waals surface area contributed by atoms with E-state index in [4.69, 9.17) is 9.47 Å². The highest BCUT2D eigenvalue weighted by atomic mass is 16.7. The SMILES string of the molecule is O=C(Nc1cnn(CCc2ccccc2)c1)c1ccc2c(c1)OCO2. The van der Waals surface area contributed by atoms with E-state index in [1.165, 1.54) is 5.56 Å². The first-order chi connectivity index (χ1) is 12.3. The van der Waals surface area contributed by atoms with Gasteiger partial charge in [-0.15, -0.1) is 0 Å². The lowest BCUT2D eigenvalue weighted by molar-refractivity contribution is 0.102. The summed E-state index contributed by atoms with van der Waals surface area (Å²) >= 11 is 0. The molecule has 1 aromatic heterocycles. The molecule has 6 nitrogen and oxygen atoms in total. The van der Waals surface area contributed by atoms with E-state index in [-0.39, 0.29) is 12.7 Å². The summed E-state index contributed by atoms with van der Waals surface area (Å²) in [6.45, 7) is 0.943. The Morgan fingerprint density at radius 3 is 2.84 bits per heavy atom. The van der Waals surface area contributed by atoms with Crippen LogP contribution < -0.4 is 14.8 Å². The molecule has 3 aromatic rings. The highest BCUT2D eigenvalue weighted by molar-refractivity contribution is 6.04. The number of nitrogens with zero attached hydrogens (tertiary/aromatic N) is 2. The Morgan fingerprint density at radius 2 is 1.96 bits per heavy atom. The molecule has 0 saturated carbocycles. The van der Waals surface area contributed by atoms with Gasteiger partial charge in [-0.1, -0.05) is 30.3 Å². The smallest absolute Gasteiger partial charge is 0.255 e. The molecule has 4 rings (SSSR count). The lowest BCUT2D eigenvalue weighted by Gasteiger charge is -2.04. The Labute approximate surface area is 145 Å². The number of carbonyl (C=O) groups is 1. The largest absolute Gasteiger partial charge is 0.454 e. The quantitative estimate of drug-likeness (QED) is 0.778.